The second-order valence-electron chi connectivity index (χ2n) is 5.85. The second kappa shape index (κ2) is 5.95. The molecule has 1 unspecified atom stereocenters. The summed E-state index contributed by atoms with van der Waals surface area (Å²) in [5, 5.41) is 3.23. The number of nitrogens with zero attached hydrogens (tertiary/aromatic N) is 4. The van der Waals surface area contributed by atoms with Crippen molar-refractivity contribution in [2.75, 3.05) is 42.9 Å². The van der Waals surface area contributed by atoms with Gasteiger partial charge in [-0.2, -0.15) is 4.98 Å². The van der Waals surface area contributed by atoms with Crippen molar-refractivity contribution in [3.63, 3.8) is 0 Å². The van der Waals surface area contributed by atoms with Gasteiger partial charge in [0.05, 0.1) is 0 Å². The molecule has 2 fully saturated rings. The first kappa shape index (κ1) is 13.6. The molecule has 5 heteroatoms. The monoisotopic (exact) mass is 275 g/mol. The highest BCUT2D eigenvalue weighted by atomic mass is 15.3. The summed E-state index contributed by atoms with van der Waals surface area (Å²) in [4.78, 5) is 14.2. The fraction of sp³-hybridized carbons (Fsp3) is 0.733. The van der Waals surface area contributed by atoms with Crippen molar-refractivity contribution in [3.05, 3.63) is 11.8 Å². The largest absolute Gasteiger partial charge is 0.355 e. The van der Waals surface area contributed by atoms with E-state index in [-0.39, 0.29) is 0 Å². The van der Waals surface area contributed by atoms with Gasteiger partial charge >= 0.3 is 0 Å². The van der Waals surface area contributed by atoms with E-state index in [1.807, 2.05) is 6.92 Å². The summed E-state index contributed by atoms with van der Waals surface area (Å²) in [7, 11) is 0. The molecule has 3 rings (SSSR count). The Labute approximate surface area is 121 Å². The first-order valence-corrected chi connectivity index (χ1v) is 7.85. The number of fused-ring (bicyclic) bond motifs is 1. The topological polar surface area (TPSA) is 44.3 Å². The van der Waals surface area contributed by atoms with Crippen LogP contribution >= 0.6 is 0 Å². The van der Waals surface area contributed by atoms with E-state index >= 15 is 0 Å². The summed E-state index contributed by atoms with van der Waals surface area (Å²) < 4.78 is 0. The van der Waals surface area contributed by atoms with Gasteiger partial charge < -0.3 is 10.2 Å². The summed E-state index contributed by atoms with van der Waals surface area (Å²) in [5.74, 6) is 1.84. The van der Waals surface area contributed by atoms with Gasteiger partial charge in [0.25, 0.3) is 0 Å². The molecule has 0 spiro atoms. The van der Waals surface area contributed by atoms with Crippen molar-refractivity contribution in [2.45, 2.75) is 39.2 Å². The molecule has 110 valence electrons. The van der Waals surface area contributed by atoms with Gasteiger partial charge in [-0.05, 0) is 39.7 Å². The average molecular weight is 275 g/mol. The Morgan fingerprint density at radius 1 is 1.25 bits per heavy atom. The summed E-state index contributed by atoms with van der Waals surface area (Å²) in [6.07, 6.45) is 3.92. The lowest BCUT2D eigenvalue weighted by Gasteiger charge is -2.26. The standard InChI is InChI=1S/C15H25N5/c1-3-16-15-17-12(2)10-14(18-15)20-9-5-8-19-7-4-6-13(19)11-20/h10,13H,3-9,11H2,1-2H3,(H,16,17,18). The molecule has 0 bridgehead atoms. The highest BCUT2D eigenvalue weighted by Crippen LogP contribution is 2.24. The number of anilines is 2. The summed E-state index contributed by atoms with van der Waals surface area (Å²) in [6.45, 7) is 9.73. The van der Waals surface area contributed by atoms with Crippen molar-refractivity contribution in [1.82, 2.24) is 14.9 Å². The molecular formula is C15H25N5. The van der Waals surface area contributed by atoms with E-state index in [0.29, 0.717) is 0 Å². The van der Waals surface area contributed by atoms with E-state index in [1.54, 1.807) is 0 Å². The Kier molecular flexibility index (Phi) is 4.05. The van der Waals surface area contributed by atoms with Crippen molar-refractivity contribution < 1.29 is 0 Å². The summed E-state index contributed by atoms with van der Waals surface area (Å²) in [6, 6.07) is 2.83. The van der Waals surface area contributed by atoms with Gasteiger partial charge in [0.15, 0.2) is 0 Å². The number of hydrogen-bond acceptors (Lipinski definition) is 5. The zero-order valence-corrected chi connectivity index (χ0v) is 12.6. The molecule has 0 radical (unpaired) electrons. The van der Waals surface area contributed by atoms with Crippen molar-refractivity contribution >= 4 is 11.8 Å². The third-order valence-electron chi connectivity index (χ3n) is 4.30. The van der Waals surface area contributed by atoms with Crippen LogP contribution in [0.25, 0.3) is 0 Å². The van der Waals surface area contributed by atoms with E-state index in [4.69, 9.17) is 0 Å². The average Bonchev–Trinajstić information content (AvgIpc) is 2.75. The molecule has 0 saturated carbocycles. The van der Waals surface area contributed by atoms with E-state index in [2.05, 4.69) is 38.1 Å². The second-order valence-corrected chi connectivity index (χ2v) is 5.85. The van der Waals surface area contributed by atoms with Crippen LogP contribution in [0.5, 0.6) is 0 Å². The van der Waals surface area contributed by atoms with Gasteiger partial charge in [-0.3, -0.25) is 4.90 Å². The number of hydrogen-bond donors (Lipinski definition) is 1. The van der Waals surface area contributed by atoms with Crippen molar-refractivity contribution in [3.8, 4) is 0 Å². The van der Waals surface area contributed by atoms with E-state index < -0.39 is 0 Å². The normalized spacial score (nSPS) is 23.5. The number of aromatic nitrogens is 2. The number of nitrogens with one attached hydrogen (secondary N) is 1. The molecular weight excluding hydrogens is 250 g/mol. The molecule has 5 nitrogen and oxygen atoms in total. The third kappa shape index (κ3) is 2.87. The Morgan fingerprint density at radius 3 is 2.95 bits per heavy atom. The van der Waals surface area contributed by atoms with Gasteiger partial charge in [0, 0.05) is 44.0 Å². The molecule has 1 atom stereocenters. The molecule has 1 N–H and O–H groups in total. The molecule has 0 aromatic carbocycles. The fourth-order valence-corrected chi connectivity index (χ4v) is 3.37. The zero-order chi connectivity index (χ0) is 13.9. The number of rotatable bonds is 3. The molecule has 2 aliphatic heterocycles. The predicted octanol–water partition coefficient (Wildman–Crippen LogP) is 1.89. The van der Waals surface area contributed by atoms with E-state index in [9.17, 15) is 0 Å². The Morgan fingerprint density at radius 2 is 2.10 bits per heavy atom. The van der Waals surface area contributed by atoms with Crippen molar-refractivity contribution in [2.24, 2.45) is 0 Å². The smallest absolute Gasteiger partial charge is 0.224 e. The van der Waals surface area contributed by atoms with Gasteiger partial charge in [-0.25, -0.2) is 4.98 Å². The minimum atomic E-state index is 0.718. The summed E-state index contributed by atoms with van der Waals surface area (Å²) >= 11 is 0. The maximum Gasteiger partial charge on any atom is 0.224 e. The molecule has 20 heavy (non-hydrogen) atoms. The third-order valence-corrected chi connectivity index (χ3v) is 4.30. The van der Waals surface area contributed by atoms with Crippen LogP contribution in [0.4, 0.5) is 11.8 Å². The van der Waals surface area contributed by atoms with Crippen LogP contribution in [0.3, 0.4) is 0 Å². The zero-order valence-electron chi connectivity index (χ0n) is 12.6. The molecule has 2 aliphatic rings. The van der Waals surface area contributed by atoms with E-state index in [0.717, 1.165) is 43.1 Å². The number of aryl methyl sites for hydroxylation is 1. The van der Waals surface area contributed by atoms with Crippen LogP contribution in [-0.2, 0) is 0 Å². The minimum absolute atomic E-state index is 0.718. The van der Waals surface area contributed by atoms with Crippen molar-refractivity contribution in [1.29, 1.82) is 0 Å². The first-order valence-electron chi connectivity index (χ1n) is 7.85. The molecule has 0 aliphatic carbocycles. The minimum Gasteiger partial charge on any atom is -0.355 e. The van der Waals surface area contributed by atoms with Crippen LogP contribution in [0, 0.1) is 6.92 Å². The molecule has 0 amide bonds. The van der Waals surface area contributed by atoms with Crippen LogP contribution < -0.4 is 10.2 Å². The lowest BCUT2D eigenvalue weighted by atomic mass is 10.2. The molecule has 2 saturated heterocycles. The van der Waals surface area contributed by atoms with Crippen LogP contribution in [0.2, 0.25) is 0 Å². The first-order chi connectivity index (χ1) is 9.76. The SMILES string of the molecule is CCNc1nc(C)cc(N2CCCN3CCCC3C2)n1. The quantitative estimate of drug-likeness (QED) is 0.912. The van der Waals surface area contributed by atoms with Gasteiger partial charge in [-0.1, -0.05) is 0 Å². The highest BCUT2D eigenvalue weighted by Gasteiger charge is 2.29. The van der Waals surface area contributed by atoms with Gasteiger partial charge in [0.2, 0.25) is 5.95 Å². The van der Waals surface area contributed by atoms with Crippen LogP contribution in [0.1, 0.15) is 31.9 Å². The Bertz CT molecular complexity index is 462. The van der Waals surface area contributed by atoms with E-state index in [1.165, 1.54) is 32.4 Å². The molecule has 1 aromatic rings. The van der Waals surface area contributed by atoms with Crippen LogP contribution in [-0.4, -0.2) is 53.6 Å². The van der Waals surface area contributed by atoms with Gasteiger partial charge in [-0.15, -0.1) is 0 Å². The fourth-order valence-electron chi connectivity index (χ4n) is 3.37. The van der Waals surface area contributed by atoms with Crippen LogP contribution in [0.15, 0.2) is 6.07 Å². The highest BCUT2D eigenvalue weighted by molar-refractivity contribution is 5.45. The Hall–Kier alpha value is -1.36. The van der Waals surface area contributed by atoms with Gasteiger partial charge in [0.1, 0.15) is 5.82 Å². The predicted molar refractivity (Wildman–Crippen MR) is 82.4 cm³/mol. The maximum atomic E-state index is 4.69. The lowest BCUT2D eigenvalue weighted by Crippen LogP contribution is -2.37. The summed E-state index contributed by atoms with van der Waals surface area (Å²) in [5.41, 5.74) is 1.04. The Balaban J connectivity index is 1.80. The molecule has 3 heterocycles. The molecule has 1 aromatic heterocycles. The maximum absolute atomic E-state index is 4.69. The lowest BCUT2D eigenvalue weighted by molar-refractivity contribution is 0.273.